The summed E-state index contributed by atoms with van der Waals surface area (Å²) in [5.74, 6) is -0.157. The Hall–Kier alpha value is -2.96. The van der Waals surface area contributed by atoms with Gasteiger partial charge in [0.2, 0.25) is 0 Å². The molecule has 1 N–H and O–H groups in total. The summed E-state index contributed by atoms with van der Waals surface area (Å²) in [6.45, 7) is 2.42. The first-order valence-electron chi connectivity index (χ1n) is 11.1. The van der Waals surface area contributed by atoms with Crippen molar-refractivity contribution in [1.29, 1.82) is 0 Å². The van der Waals surface area contributed by atoms with E-state index in [1.54, 1.807) is 11.8 Å². The molecule has 1 heterocycles. The van der Waals surface area contributed by atoms with Crippen LogP contribution in [0.4, 0.5) is 45.2 Å². The van der Waals surface area contributed by atoms with Crippen molar-refractivity contribution in [2.24, 2.45) is 5.92 Å². The van der Waals surface area contributed by atoms with Gasteiger partial charge in [-0.2, -0.15) is 39.5 Å². The average molecular weight is 542 g/mol. The van der Waals surface area contributed by atoms with Crippen molar-refractivity contribution in [1.82, 2.24) is 5.32 Å². The van der Waals surface area contributed by atoms with Crippen LogP contribution in [0.1, 0.15) is 47.2 Å². The monoisotopic (exact) mass is 542 g/mol. The van der Waals surface area contributed by atoms with Gasteiger partial charge >= 0.3 is 18.5 Å². The maximum absolute atomic E-state index is 13.4. The van der Waals surface area contributed by atoms with E-state index in [0.717, 1.165) is 12.1 Å². The molecule has 1 aliphatic rings. The van der Waals surface area contributed by atoms with Crippen LogP contribution in [0, 0.1) is 5.92 Å². The molecule has 0 radical (unpaired) electrons. The topological polar surface area (TPSA) is 41.6 Å². The van der Waals surface area contributed by atoms with E-state index in [0.29, 0.717) is 30.9 Å². The standard InChI is InChI=1S/C24H23F9N2O2/c1-14(12-37-13-36)11-35-5-4-20(19-9-16(22(25,26)27)2-3-21(19)35)34-10-15-6-17(23(28,29)30)8-18(7-15)24(31,32)33/h2-3,6-9,13-14,20,34H,4-5,10-12H2,1H3. The quantitative estimate of drug-likeness (QED) is 0.302. The van der Waals surface area contributed by atoms with Gasteiger partial charge in [0.25, 0.3) is 6.47 Å². The fraction of sp³-hybridized carbons (Fsp3) is 0.458. The summed E-state index contributed by atoms with van der Waals surface area (Å²) in [5.41, 5.74) is -3.53. The Morgan fingerprint density at radius 1 is 0.946 bits per heavy atom. The molecule has 0 amide bonds. The van der Waals surface area contributed by atoms with E-state index in [1.807, 2.05) is 0 Å². The number of carbonyl (C=O) groups is 1. The number of carbonyl (C=O) groups excluding carboxylic acids is 1. The third-order valence-corrected chi connectivity index (χ3v) is 5.94. The molecular weight excluding hydrogens is 519 g/mol. The Balaban J connectivity index is 1.90. The Bertz CT molecular complexity index is 1060. The van der Waals surface area contributed by atoms with E-state index in [1.165, 1.54) is 6.07 Å². The highest BCUT2D eigenvalue weighted by Crippen LogP contribution is 2.40. The minimum atomic E-state index is -5.01. The summed E-state index contributed by atoms with van der Waals surface area (Å²) in [6, 6.07) is 3.53. The van der Waals surface area contributed by atoms with Gasteiger partial charge in [0.15, 0.2) is 0 Å². The summed E-state index contributed by atoms with van der Waals surface area (Å²) in [5, 5.41) is 2.84. The summed E-state index contributed by atoms with van der Waals surface area (Å²) < 4.78 is 124. The minimum Gasteiger partial charge on any atom is -0.468 e. The van der Waals surface area contributed by atoms with Gasteiger partial charge in [-0.25, -0.2) is 0 Å². The molecule has 2 aromatic rings. The van der Waals surface area contributed by atoms with Gasteiger partial charge in [-0.1, -0.05) is 6.92 Å². The first-order valence-corrected chi connectivity index (χ1v) is 11.1. The molecule has 0 saturated heterocycles. The van der Waals surface area contributed by atoms with E-state index in [-0.39, 0.29) is 42.6 Å². The molecule has 0 bridgehead atoms. The molecule has 3 rings (SSSR count). The highest BCUT2D eigenvalue weighted by atomic mass is 19.4. The largest absolute Gasteiger partial charge is 0.468 e. The van der Waals surface area contributed by atoms with Crippen LogP contribution in [0.3, 0.4) is 0 Å². The normalized spacial score (nSPS) is 17.4. The zero-order valence-electron chi connectivity index (χ0n) is 19.4. The number of hydrogen-bond donors (Lipinski definition) is 1. The van der Waals surface area contributed by atoms with E-state index in [4.69, 9.17) is 4.74 Å². The highest BCUT2D eigenvalue weighted by Gasteiger charge is 2.37. The van der Waals surface area contributed by atoms with Gasteiger partial charge in [-0.05, 0) is 53.9 Å². The maximum Gasteiger partial charge on any atom is 0.416 e. The summed E-state index contributed by atoms with van der Waals surface area (Å²) in [7, 11) is 0. The lowest BCUT2D eigenvalue weighted by molar-refractivity contribution is -0.143. The van der Waals surface area contributed by atoms with Gasteiger partial charge in [-0.15, -0.1) is 0 Å². The lowest BCUT2D eigenvalue weighted by atomic mass is 9.93. The molecule has 0 spiro atoms. The van der Waals surface area contributed by atoms with Crippen molar-refractivity contribution in [2.75, 3.05) is 24.6 Å². The van der Waals surface area contributed by atoms with Gasteiger partial charge in [-0.3, -0.25) is 4.79 Å². The van der Waals surface area contributed by atoms with Crippen LogP contribution in [-0.2, 0) is 34.6 Å². The van der Waals surface area contributed by atoms with Crippen molar-refractivity contribution in [2.45, 2.75) is 44.5 Å². The van der Waals surface area contributed by atoms with E-state index >= 15 is 0 Å². The van der Waals surface area contributed by atoms with Gasteiger partial charge in [0.05, 0.1) is 23.3 Å². The minimum absolute atomic E-state index is 0.0163. The van der Waals surface area contributed by atoms with Crippen molar-refractivity contribution in [3.8, 4) is 0 Å². The molecule has 0 saturated carbocycles. The molecule has 0 fully saturated rings. The van der Waals surface area contributed by atoms with Gasteiger partial charge in [0, 0.05) is 37.3 Å². The second kappa shape index (κ2) is 10.8. The number of nitrogens with zero attached hydrogens (tertiary/aromatic N) is 1. The fourth-order valence-corrected chi connectivity index (χ4v) is 4.26. The third kappa shape index (κ3) is 7.30. The molecule has 4 nitrogen and oxygen atoms in total. The second-order valence-corrected chi connectivity index (χ2v) is 8.89. The molecule has 1 aliphatic heterocycles. The molecule has 2 atom stereocenters. The number of benzene rings is 2. The molecule has 37 heavy (non-hydrogen) atoms. The molecule has 0 aromatic heterocycles. The maximum atomic E-state index is 13.4. The van der Waals surface area contributed by atoms with E-state index in [9.17, 15) is 44.3 Å². The highest BCUT2D eigenvalue weighted by molar-refractivity contribution is 5.59. The van der Waals surface area contributed by atoms with E-state index < -0.39 is 47.8 Å². The van der Waals surface area contributed by atoms with Gasteiger partial charge in [0.1, 0.15) is 0 Å². The predicted octanol–water partition coefficient (Wildman–Crippen LogP) is 6.59. The van der Waals surface area contributed by atoms with Crippen molar-refractivity contribution in [3.05, 3.63) is 64.2 Å². The molecule has 204 valence electrons. The van der Waals surface area contributed by atoms with Crippen molar-refractivity contribution in [3.63, 3.8) is 0 Å². The molecule has 13 heteroatoms. The Morgan fingerprint density at radius 2 is 1.54 bits per heavy atom. The van der Waals surface area contributed by atoms with Crippen LogP contribution >= 0.6 is 0 Å². The molecular formula is C24H23F9N2O2. The van der Waals surface area contributed by atoms with Crippen LogP contribution in [0.25, 0.3) is 0 Å². The fourth-order valence-electron chi connectivity index (χ4n) is 4.26. The Kier molecular flexibility index (Phi) is 8.35. The number of anilines is 1. The van der Waals surface area contributed by atoms with E-state index in [2.05, 4.69) is 5.32 Å². The summed E-state index contributed by atoms with van der Waals surface area (Å²) >= 11 is 0. The predicted molar refractivity (Wildman–Crippen MR) is 115 cm³/mol. The summed E-state index contributed by atoms with van der Waals surface area (Å²) in [6.07, 6.45) is -14.4. The van der Waals surface area contributed by atoms with Crippen LogP contribution < -0.4 is 10.2 Å². The number of nitrogens with one attached hydrogen (secondary N) is 1. The van der Waals surface area contributed by atoms with Crippen molar-refractivity contribution >= 4 is 12.2 Å². The Morgan fingerprint density at radius 3 is 2.08 bits per heavy atom. The van der Waals surface area contributed by atoms with Crippen molar-refractivity contribution < 1.29 is 49.0 Å². The number of rotatable bonds is 8. The zero-order chi connectivity index (χ0) is 27.6. The molecule has 2 unspecified atom stereocenters. The lowest BCUT2D eigenvalue weighted by Gasteiger charge is -2.38. The number of fused-ring (bicyclic) bond motifs is 1. The van der Waals surface area contributed by atoms with Crippen LogP contribution in [-0.4, -0.2) is 26.2 Å². The first-order chi connectivity index (χ1) is 17.1. The van der Waals surface area contributed by atoms with Gasteiger partial charge < -0.3 is 15.0 Å². The number of ether oxygens (including phenoxy) is 1. The number of hydrogen-bond acceptors (Lipinski definition) is 4. The lowest BCUT2D eigenvalue weighted by Crippen LogP contribution is -2.39. The average Bonchev–Trinajstić information content (AvgIpc) is 2.80. The smallest absolute Gasteiger partial charge is 0.416 e. The first kappa shape index (κ1) is 28.6. The molecule has 0 aliphatic carbocycles. The summed E-state index contributed by atoms with van der Waals surface area (Å²) in [4.78, 5) is 12.2. The SMILES string of the molecule is CC(COC=O)CN1CCC(NCc2cc(C(F)(F)F)cc(C(F)(F)F)c2)c2cc(C(F)(F)F)ccc21. The number of alkyl halides is 9. The van der Waals surface area contributed by atoms with Crippen LogP contribution in [0.15, 0.2) is 36.4 Å². The molecule has 2 aromatic carbocycles. The van der Waals surface area contributed by atoms with Crippen LogP contribution in [0.2, 0.25) is 0 Å². The Labute approximate surface area is 206 Å². The zero-order valence-corrected chi connectivity index (χ0v) is 19.4. The third-order valence-electron chi connectivity index (χ3n) is 5.94. The second-order valence-electron chi connectivity index (χ2n) is 8.89. The number of halogens is 9. The van der Waals surface area contributed by atoms with Crippen LogP contribution in [0.5, 0.6) is 0 Å².